The number of rotatable bonds is 6. The van der Waals surface area contributed by atoms with Gasteiger partial charge in [-0.25, -0.2) is 4.79 Å². The van der Waals surface area contributed by atoms with Gasteiger partial charge in [-0.1, -0.05) is 60.7 Å². The molecule has 0 saturated carbocycles. The summed E-state index contributed by atoms with van der Waals surface area (Å²) < 4.78 is 43.6. The van der Waals surface area contributed by atoms with Gasteiger partial charge in [0.15, 0.2) is 0 Å². The number of carbonyl (C=O) groups is 1. The molecule has 4 nitrogen and oxygen atoms in total. The van der Waals surface area contributed by atoms with E-state index in [1.165, 1.54) is 6.07 Å². The number of hydrogen-bond donors (Lipinski definition) is 1. The number of fused-ring (bicyclic) bond motifs is 3. The van der Waals surface area contributed by atoms with Crippen molar-refractivity contribution in [2.75, 3.05) is 13.2 Å². The van der Waals surface area contributed by atoms with Crippen molar-refractivity contribution in [3.05, 3.63) is 95.3 Å². The molecule has 0 saturated heterocycles. The topological polar surface area (TPSA) is 51.2 Å². The highest BCUT2D eigenvalue weighted by Gasteiger charge is 2.32. The summed E-state index contributed by atoms with van der Waals surface area (Å²) in [7, 11) is 0. The first-order chi connectivity index (χ1) is 15.4. The van der Waals surface area contributed by atoms with Crippen LogP contribution in [0.5, 0.6) is 0 Å². The highest BCUT2D eigenvalue weighted by molar-refractivity contribution is 5.79. The van der Waals surface area contributed by atoms with Crippen molar-refractivity contribution in [1.82, 2.24) is 10.3 Å². The predicted molar refractivity (Wildman–Crippen MR) is 116 cm³/mol. The zero-order chi connectivity index (χ0) is 22.6. The van der Waals surface area contributed by atoms with E-state index in [2.05, 4.69) is 34.6 Å². The van der Waals surface area contributed by atoms with Crippen molar-refractivity contribution in [2.45, 2.75) is 18.5 Å². The van der Waals surface area contributed by atoms with Crippen molar-refractivity contribution in [3.63, 3.8) is 0 Å². The number of amides is 1. The lowest BCUT2D eigenvalue weighted by molar-refractivity contribution is -0.141. The molecule has 2 aromatic carbocycles. The summed E-state index contributed by atoms with van der Waals surface area (Å²) in [4.78, 5) is 15.4. The third-order valence-electron chi connectivity index (χ3n) is 5.31. The van der Waals surface area contributed by atoms with Crippen LogP contribution in [-0.4, -0.2) is 24.2 Å². The van der Waals surface area contributed by atoms with Crippen molar-refractivity contribution in [1.29, 1.82) is 0 Å². The largest absolute Gasteiger partial charge is 0.449 e. The molecule has 1 N–H and O–H groups in total. The molecule has 164 valence electrons. The van der Waals surface area contributed by atoms with Crippen LogP contribution in [0.1, 0.15) is 34.7 Å². The first kappa shape index (κ1) is 21.6. The molecule has 0 spiro atoms. The number of hydrogen-bond acceptors (Lipinski definition) is 3. The molecular weight excluding hydrogens is 417 g/mol. The number of pyridine rings is 1. The zero-order valence-corrected chi connectivity index (χ0v) is 17.1. The number of carbonyl (C=O) groups excluding carboxylic acids is 1. The first-order valence-electron chi connectivity index (χ1n) is 10.2. The Morgan fingerprint density at radius 3 is 2.34 bits per heavy atom. The molecule has 1 amide bonds. The van der Waals surface area contributed by atoms with Crippen molar-refractivity contribution < 1.29 is 22.7 Å². The minimum absolute atomic E-state index is 0.0115. The van der Waals surface area contributed by atoms with E-state index in [1.54, 1.807) is 12.2 Å². The number of alkyl halides is 3. The molecule has 7 heteroatoms. The maximum Gasteiger partial charge on any atom is 0.433 e. The zero-order valence-electron chi connectivity index (χ0n) is 17.1. The number of aromatic nitrogens is 1. The fraction of sp³-hybridized carbons (Fsp3) is 0.200. The second-order valence-electron chi connectivity index (χ2n) is 7.42. The van der Waals surface area contributed by atoms with Crippen LogP contribution in [0.4, 0.5) is 18.0 Å². The van der Waals surface area contributed by atoms with Gasteiger partial charge in [0.1, 0.15) is 12.3 Å². The molecule has 3 aromatic rings. The first-order valence-corrected chi connectivity index (χ1v) is 10.2. The Morgan fingerprint density at radius 2 is 1.69 bits per heavy atom. The number of alkyl carbamates (subject to hydrolysis) is 1. The summed E-state index contributed by atoms with van der Waals surface area (Å²) in [5, 5.41) is 2.67. The summed E-state index contributed by atoms with van der Waals surface area (Å²) >= 11 is 0. The van der Waals surface area contributed by atoms with Gasteiger partial charge < -0.3 is 10.1 Å². The summed E-state index contributed by atoms with van der Waals surface area (Å²) in [6, 6.07) is 18.7. The van der Waals surface area contributed by atoms with Crippen LogP contribution in [0.15, 0.2) is 72.9 Å². The number of nitrogens with zero attached hydrogens (tertiary/aromatic N) is 1. The Hall–Kier alpha value is -3.61. The van der Waals surface area contributed by atoms with Crippen LogP contribution >= 0.6 is 0 Å². The Kier molecular flexibility index (Phi) is 6.25. The van der Waals surface area contributed by atoms with Gasteiger partial charge in [-0.3, -0.25) is 4.98 Å². The van der Waals surface area contributed by atoms with Crippen LogP contribution < -0.4 is 5.32 Å². The van der Waals surface area contributed by atoms with Gasteiger partial charge in [-0.05, 0) is 46.4 Å². The maximum absolute atomic E-state index is 12.7. The Morgan fingerprint density at radius 1 is 1.03 bits per heavy atom. The molecule has 0 atom stereocenters. The molecule has 0 radical (unpaired) electrons. The predicted octanol–water partition coefficient (Wildman–Crippen LogP) is 6.04. The van der Waals surface area contributed by atoms with E-state index >= 15 is 0 Å². The molecule has 1 heterocycles. The molecule has 0 unspecified atom stereocenters. The van der Waals surface area contributed by atoms with Crippen LogP contribution in [0.2, 0.25) is 0 Å². The van der Waals surface area contributed by atoms with Gasteiger partial charge in [-0.15, -0.1) is 0 Å². The smallest absolute Gasteiger partial charge is 0.433 e. The molecule has 1 aliphatic carbocycles. The Bertz CT molecular complexity index is 1100. The average molecular weight is 438 g/mol. The van der Waals surface area contributed by atoms with E-state index in [0.29, 0.717) is 18.5 Å². The lowest BCUT2D eigenvalue weighted by atomic mass is 9.98. The molecule has 32 heavy (non-hydrogen) atoms. The summed E-state index contributed by atoms with van der Waals surface area (Å²) in [6.07, 6.45) is -0.167. The third-order valence-corrected chi connectivity index (χ3v) is 5.31. The van der Waals surface area contributed by atoms with E-state index < -0.39 is 18.0 Å². The highest BCUT2D eigenvalue weighted by atomic mass is 19.4. The third kappa shape index (κ3) is 4.82. The minimum atomic E-state index is -4.48. The van der Waals surface area contributed by atoms with Crippen molar-refractivity contribution >= 4 is 12.2 Å². The molecule has 1 aromatic heterocycles. The SMILES string of the molecule is O=C(NCCC=Cc1ccnc(C(F)(F)F)c1)OCC1c2ccccc2-c2ccccc21. The fourth-order valence-corrected chi connectivity index (χ4v) is 3.83. The molecule has 0 aliphatic heterocycles. The van der Waals surface area contributed by atoms with E-state index in [1.807, 2.05) is 24.3 Å². The van der Waals surface area contributed by atoms with Crippen molar-refractivity contribution in [2.24, 2.45) is 0 Å². The highest BCUT2D eigenvalue weighted by Crippen LogP contribution is 2.44. The number of halogens is 3. The monoisotopic (exact) mass is 438 g/mol. The molecule has 0 fully saturated rings. The lowest BCUT2D eigenvalue weighted by Crippen LogP contribution is -2.26. The van der Waals surface area contributed by atoms with Crippen LogP contribution in [0.25, 0.3) is 17.2 Å². The molecule has 1 aliphatic rings. The molecule has 4 rings (SSSR count). The maximum atomic E-state index is 12.7. The molecular formula is C25H21F3N2O2. The summed E-state index contributed by atoms with van der Waals surface area (Å²) in [5.74, 6) is -0.0115. The second-order valence-corrected chi connectivity index (χ2v) is 7.42. The standard InChI is InChI=1S/C25H21F3N2O2/c26-25(27,28)23-15-17(12-14-29-23)7-5-6-13-30-24(31)32-16-22-20-10-3-1-8-18(20)19-9-2-4-11-21(19)22/h1-5,7-12,14-15,22H,6,13,16H2,(H,30,31). The number of ether oxygens (including phenoxy) is 1. The van der Waals surface area contributed by atoms with E-state index in [0.717, 1.165) is 34.5 Å². The Balaban J connectivity index is 1.26. The van der Waals surface area contributed by atoms with Gasteiger partial charge in [0.25, 0.3) is 0 Å². The van der Waals surface area contributed by atoms with E-state index in [-0.39, 0.29) is 12.5 Å². The van der Waals surface area contributed by atoms with Gasteiger partial charge in [-0.2, -0.15) is 13.2 Å². The summed E-state index contributed by atoms with van der Waals surface area (Å²) in [6.45, 7) is 0.539. The van der Waals surface area contributed by atoms with Crippen LogP contribution in [-0.2, 0) is 10.9 Å². The van der Waals surface area contributed by atoms with Crippen molar-refractivity contribution in [3.8, 4) is 11.1 Å². The molecule has 0 bridgehead atoms. The van der Waals surface area contributed by atoms with Gasteiger partial charge in [0, 0.05) is 18.7 Å². The fourth-order valence-electron chi connectivity index (χ4n) is 3.83. The van der Waals surface area contributed by atoms with Crippen LogP contribution in [0, 0.1) is 0 Å². The normalized spacial score (nSPS) is 13.1. The second kappa shape index (κ2) is 9.26. The number of benzene rings is 2. The quantitative estimate of drug-likeness (QED) is 0.477. The van der Waals surface area contributed by atoms with Gasteiger partial charge in [0.2, 0.25) is 0 Å². The average Bonchev–Trinajstić information content (AvgIpc) is 3.11. The Labute approximate surface area is 183 Å². The number of nitrogens with one attached hydrogen (secondary N) is 1. The summed E-state index contributed by atoms with van der Waals surface area (Å²) in [5.41, 5.74) is 4.06. The van der Waals surface area contributed by atoms with E-state index in [4.69, 9.17) is 4.74 Å². The van der Waals surface area contributed by atoms with Gasteiger partial charge >= 0.3 is 12.3 Å². The lowest BCUT2D eigenvalue weighted by Gasteiger charge is -2.14. The van der Waals surface area contributed by atoms with Crippen LogP contribution in [0.3, 0.4) is 0 Å². The minimum Gasteiger partial charge on any atom is -0.449 e. The van der Waals surface area contributed by atoms with Gasteiger partial charge in [0.05, 0.1) is 0 Å². The van der Waals surface area contributed by atoms with E-state index in [9.17, 15) is 18.0 Å².